The van der Waals surface area contributed by atoms with Crippen molar-refractivity contribution >= 4 is 16.3 Å². The number of aliphatic hydroxyl groups is 1. The van der Waals surface area contributed by atoms with E-state index in [0.717, 1.165) is 17.1 Å². The van der Waals surface area contributed by atoms with Gasteiger partial charge in [0.25, 0.3) is 0 Å². The Morgan fingerprint density at radius 2 is 2.44 bits per heavy atom. The Labute approximate surface area is 98.9 Å². The average Bonchev–Trinajstić information content (AvgIpc) is 2.86. The summed E-state index contributed by atoms with van der Waals surface area (Å²) < 4.78 is 2.02. The highest BCUT2D eigenvalue weighted by Crippen LogP contribution is 2.13. The number of nitrogens with zero attached hydrogens (tertiary/aromatic N) is 2. The molecule has 88 valence electrons. The summed E-state index contributed by atoms with van der Waals surface area (Å²) >= 11 is 1.63. The third-order valence-corrected chi connectivity index (χ3v) is 3.74. The van der Waals surface area contributed by atoms with Crippen molar-refractivity contribution < 1.29 is 5.11 Å². The van der Waals surface area contributed by atoms with Gasteiger partial charge in [0.2, 0.25) is 0 Å². The molecule has 0 saturated carbocycles. The fraction of sp³-hybridized carbons (Fsp3) is 0.545. The van der Waals surface area contributed by atoms with Gasteiger partial charge >= 0.3 is 0 Å². The summed E-state index contributed by atoms with van der Waals surface area (Å²) in [5.41, 5.74) is 0.803. The smallest absolute Gasteiger partial charge is 0.193 e. The molecule has 0 aromatic carbocycles. The maximum absolute atomic E-state index is 9.28. The molecule has 0 saturated heterocycles. The minimum absolute atomic E-state index is 0.145. The van der Waals surface area contributed by atoms with Gasteiger partial charge in [-0.1, -0.05) is 6.92 Å². The molecule has 2 aromatic heterocycles. The van der Waals surface area contributed by atoms with Crippen LogP contribution in [0.2, 0.25) is 0 Å². The van der Waals surface area contributed by atoms with Gasteiger partial charge in [-0.2, -0.15) is 0 Å². The van der Waals surface area contributed by atoms with E-state index < -0.39 is 0 Å². The summed E-state index contributed by atoms with van der Waals surface area (Å²) in [7, 11) is 0. The predicted octanol–water partition coefficient (Wildman–Crippen LogP) is 1.65. The van der Waals surface area contributed by atoms with Gasteiger partial charge in [-0.3, -0.25) is 4.40 Å². The summed E-state index contributed by atoms with van der Waals surface area (Å²) in [6.45, 7) is 4.92. The molecule has 0 spiro atoms. The summed E-state index contributed by atoms with van der Waals surface area (Å²) in [4.78, 5) is 5.49. The third kappa shape index (κ3) is 2.26. The van der Waals surface area contributed by atoms with Crippen LogP contribution in [-0.2, 0) is 6.54 Å². The third-order valence-electron chi connectivity index (χ3n) is 2.97. The molecule has 0 aliphatic rings. The van der Waals surface area contributed by atoms with Crippen LogP contribution in [0.1, 0.15) is 26.0 Å². The van der Waals surface area contributed by atoms with Gasteiger partial charge in [-0.25, -0.2) is 4.98 Å². The van der Waals surface area contributed by atoms with Crippen LogP contribution in [0.25, 0.3) is 4.96 Å². The van der Waals surface area contributed by atoms with E-state index in [2.05, 4.69) is 17.2 Å². The quantitative estimate of drug-likeness (QED) is 0.834. The molecule has 2 aromatic rings. The first-order valence-corrected chi connectivity index (χ1v) is 6.32. The lowest BCUT2D eigenvalue weighted by atomic mass is 10.0. The van der Waals surface area contributed by atoms with Gasteiger partial charge in [0.05, 0.1) is 12.3 Å². The van der Waals surface area contributed by atoms with Gasteiger partial charge < -0.3 is 10.4 Å². The Hall–Kier alpha value is -0.910. The number of nitrogens with one attached hydrogen (secondary N) is 1. The van der Waals surface area contributed by atoms with Crippen molar-refractivity contribution in [3.8, 4) is 0 Å². The number of hydrogen-bond donors (Lipinski definition) is 2. The maximum atomic E-state index is 9.28. The largest absolute Gasteiger partial charge is 0.394 e. The summed E-state index contributed by atoms with van der Waals surface area (Å²) in [5, 5.41) is 14.6. The standard InChI is InChI=1S/C11H17N3OS/c1-3-11(2,8-15)12-6-9-7-14-4-5-16-10(14)13-9/h4-5,7,12,15H,3,6,8H2,1-2H3. The van der Waals surface area contributed by atoms with Crippen LogP contribution in [0.3, 0.4) is 0 Å². The van der Waals surface area contributed by atoms with Crippen LogP contribution >= 0.6 is 11.3 Å². The number of thiazole rings is 1. The maximum Gasteiger partial charge on any atom is 0.193 e. The van der Waals surface area contributed by atoms with Crippen LogP contribution in [0.5, 0.6) is 0 Å². The monoisotopic (exact) mass is 239 g/mol. The second-order valence-corrected chi connectivity index (χ2v) is 5.12. The highest BCUT2D eigenvalue weighted by Gasteiger charge is 2.20. The molecule has 4 nitrogen and oxygen atoms in total. The molecule has 1 atom stereocenters. The first-order chi connectivity index (χ1) is 7.67. The van der Waals surface area contributed by atoms with Crippen molar-refractivity contribution in [3.63, 3.8) is 0 Å². The Morgan fingerprint density at radius 1 is 1.62 bits per heavy atom. The van der Waals surface area contributed by atoms with E-state index in [9.17, 15) is 5.11 Å². The molecule has 2 N–H and O–H groups in total. The molecule has 2 rings (SSSR count). The van der Waals surface area contributed by atoms with Crippen molar-refractivity contribution in [3.05, 3.63) is 23.5 Å². The van der Waals surface area contributed by atoms with Gasteiger partial charge in [0.1, 0.15) is 0 Å². The van der Waals surface area contributed by atoms with E-state index in [1.165, 1.54) is 0 Å². The summed E-state index contributed by atoms with van der Waals surface area (Å²) in [6.07, 6.45) is 4.92. The summed E-state index contributed by atoms with van der Waals surface area (Å²) in [6, 6.07) is 0. The van der Waals surface area contributed by atoms with E-state index >= 15 is 0 Å². The molecule has 0 radical (unpaired) electrons. The number of aromatic nitrogens is 2. The zero-order chi connectivity index (χ0) is 11.6. The Balaban J connectivity index is 2.02. The molecule has 0 aliphatic heterocycles. The molecule has 1 unspecified atom stereocenters. The number of hydrogen-bond acceptors (Lipinski definition) is 4. The second kappa shape index (κ2) is 4.53. The molecule has 0 bridgehead atoms. The van der Waals surface area contributed by atoms with Crippen LogP contribution < -0.4 is 5.32 Å². The molecule has 2 heterocycles. The molecule has 16 heavy (non-hydrogen) atoms. The van der Waals surface area contributed by atoms with Crippen molar-refractivity contribution in [1.29, 1.82) is 0 Å². The first-order valence-electron chi connectivity index (χ1n) is 5.44. The first kappa shape index (κ1) is 11.6. The topological polar surface area (TPSA) is 49.6 Å². The Morgan fingerprint density at radius 3 is 3.06 bits per heavy atom. The van der Waals surface area contributed by atoms with Crippen LogP contribution in [0.15, 0.2) is 17.8 Å². The van der Waals surface area contributed by atoms with Crippen molar-refractivity contribution in [2.45, 2.75) is 32.4 Å². The SMILES string of the molecule is CCC(C)(CO)NCc1cn2ccsc2n1. The molecular weight excluding hydrogens is 222 g/mol. The van der Waals surface area contributed by atoms with E-state index in [0.29, 0.717) is 6.54 Å². The van der Waals surface area contributed by atoms with Gasteiger partial charge in [0, 0.05) is 29.9 Å². The lowest BCUT2D eigenvalue weighted by molar-refractivity contribution is 0.168. The minimum Gasteiger partial charge on any atom is -0.394 e. The van der Waals surface area contributed by atoms with Crippen molar-refractivity contribution in [2.24, 2.45) is 0 Å². The number of rotatable bonds is 5. The molecule has 0 fully saturated rings. The van der Waals surface area contributed by atoms with E-state index in [-0.39, 0.29) is 12.1 Å². The highest BCUT2D eigenvalue weighted by molar-refractivity contribution is 7.15. The zero-order valence-corrected chi connectivity index (χ0v) is 10.4. The van der Waals surface area contributed by atoms with Crippen molar-refractivity contribution in [2.75, 3.05) is 6.61 Å². The van der Waals surface area contributed by atoms with E-state index in [1.807, 2.05) is 29.1 Å². The Bertz CT molecular complexity index is 430. The normalized spacial score (nSPS) is 15.4. The van der Waals surface area contributed by atoms with E-state index in [1.54, 1.807) is 11.3 Å². The molecular formula is C11H17N3OS. The van der Waals surface area contributed by atoms with Crippen LogP contribution in [-0.4, -0.2) is 26.6 Å². The highest BCUT2D eigenvalue weighted by atomic mass is 32.1. The van der Waals surface area contributed by atoms with Gasteiger partial charge in [-0.05, 0) is 13.3 Å². The lowest BCUT2D eigenvalue weighted by Gasteiger charge is -2.26. The lowest BCUT2D eigenvalue weighted by Crippen LogP contribution is -2.44. The van der Waals surface area contributed by atoms with Gasteiger partial charge in [-0.15, -0.1) is 11.3 Å². The number of fused-ring (bicyclic) bond motifs is 1. The predicted molar refractivity (Wildman–Crippen MR) is 65.7 cm³/mol. The van der Waals surface area contributed by atoms with Crippen molar-refractivity contribution in [1.82, 2.24) is 14.7 Å². The van der Waals surface area contributed by atoms with E-state index in [4.69, 9.17) is 0 Å². The number of imidazole rings is 1. The number of aliphatic hydroxyl groups excluding tert-OH is 1. The Kier molecular flexibility index (Phi) is 3.28. The van der Waals surface area contributed by atoms with Crippen LogP contribution in [0.4, 0.5) is 0 Å². The second-order valence-electron chi connectivity index (χ2n) is 4.25. The fourth-order valence-corrected chi connectivity index (χ4v) is 2.18. The molecule has 5 heteroatoms. The molecule has 0 amide bonds. The molecule has 0 aliphatic carbocycles. The minimum atomic E-state index is -0.211. The van der Waals surface area contributed by atoms with Gasteiger partial charge in [0.15, 0.2) is 4.96 Å². The average molecular weight is 239 g/mol. The van der Waals surface area contributed by atoms with Crippen LogP contribution in [0, 0.1) is 0 Å². The summed E-state index contributed by atoms with van der Waals surface area (Å²) in [5.74, 6) is 0. The zero-order valence-electron chi connectivity index (χ0n) is 9.60. The fourth-order valence-electron chi connectivity index (χ4n) is 1.46.